The summed E-state index contributed by atoms with van der Waals surface area (Å²) in [6.45, 7) is 2.30. The maximum absolute atomic E-state index is 12.6. The number of aromatic nitrogens is 2. The highest BCUT2D eigenvalue weighted by Gasteiger charge is 2.19. The van der Waals surface area contributed by atoms with Crippen molar-refractivity contribution in [1.82, 2.24) is 14.9 Å². The lowest BCUT2D eigenvalue weighted by Gasteiger charge is -2.26. The molecule has 0 aliphatic carbocycles. The lowest BCUT2D eigenvalue weighted by atomic mass is 10.0. The summed E-state index contributed by atoms with van der Waals surface area (Å²) >= 11 is 0. The largest absolute Gasteiger partial charge is 0.480 e. The van der Waals surface area contributed by atoms with E-state index in [0.29, 0.717) is 43.3 Å². The van der Waals surface area contributed by atoms with Crippen molar-refractivity contribution < 1.29 is 19.4 Å². The molecule has 2 heterocycles. The third-order valence-electron chi connectivity index (χ3n) is 5.53. The highest BCUT2D eigenvalue weighted by Crippen LogP contribution is 2.27. The van der Waals surface area contributed by atoms with Crippen molar-refractivity contribution in [3.8, 4) is 22.5 Å². The van der Waals surface area contributed by atoms with Crippen LogP contribution in [0.4, 0.5) is 5.82 Å². The fraction of sp³-hybridized carbons (Fsp3) is 0.250. The molecule has 9 heteroatoms. The van der Waals surface area contributed by atoms with E-state index in [4.69, 9.17) is 21.3 Å². The SMILES string of the molecule is Nc1ncc(-c2ccc(C(=O)N3CCOCC3)cc2)nc1-c1ccc(C[C@H](N)C(=O)O)cc1. The number of morpholine rings is 1. The number of ether oxygens (including phenoxy) is 1. The minimum absolute atomic E-state index is 0.0170. The first kappa shape index (κ1) is 22.4. The van der Waals surface area contributed by atoms with E-state index in [1.165, 1.54) is 0 Å². The number of benzene rings is 2. The van der Waals surface area contributed by atoms with Crippen LogP contribution in [0.2, 0.25) is 0 Å². The minimum Gasteiger partial charge on any atom is -0.480 e. The molecule has 1 aliphatic heterocycles. The van der Waals surface area contributed by atoms with Crippen molar-refractivity contribution in [2.24, 2.45) is 5.73 Å². The maximum Gasteiger partial charge on any atom is 0.320 e. The number of rotatable bonds is 6. The highest BCUT2D eigenvalue weighted by atomic mass is 16.5. The van der Waals surface area contributed by atoms with Crippen molar-refractivity contribution in [3.05, 3.63) is 65.9 Å². The van der Waals surface area contributed by atoms with Crippen molar-refractivity contribution in [3.63, 3.8) is 0 Å². The summed E-state index contributed by atoms with van der Waals surface area (Å²) in [6, 6.07) is 13.5. The van der Waals surface area contributed by atoms with Gasteiger partial charge in [0, 0.05) is 29.8 Å². The molecule has 4 rings (SSSR count). The lowest BCUT2D eigenvalue weighted by molar-refractivity contribution is -0.138. The smallest absolute Gasteiger partial charge is 0.320 e. The Labute approximate surface area is 191 Å². The Bertz CT molecular complexity index is 1140. The summed E-state index contributed by atoms with van der Waals surface area (Å²) in [7, 11) is 0. The number of anilines is 1. The van der Waals surface area contributed by atoms with Crippen LogP contribution in [0, 0.1) is 0 Å². The number of carboxylic acid groups (broad SMARTS) is 1. The van der Waals surface area contributed by atoms with Crippen LogP contribution in [0.25, 0.3) is 22.5 Å². The summed E-state index contributed by atoms with van der Waals surface area (Å²) in [5.74, 6) is -0.774. The molecule has 1 atom stereocenters. The van der Waals surface area contributed by atoms with Crippen molar-refractivity contribution in [2.45, 2.75) is 12.5 Å². The van der Waals surface area contributed by atoms with E-state index < -0.39 is 12.0 Å². The van der Waals surface area contributed by atoms with Gasteiger partial charge >= 0.3 is 5.97 Å². The van der Waals surface area contributed by atoms with E-state index in [1.807, 2.05) is 24.3 Å². The number of carboxylic acids is 1. The normalized spacial score (nSPS) is 14.6. The molecular formula is C24H25N5O4. The van der Waals surface area contributed by atoms with Crippen LogP contribution in [0.3, 0.4) is 0 Å². The molecule has 33 heavy (non-hydrogen) atoms. The quantitative estimate of drug-likeness (QED) is 0.519. The molecule has 3 aromatic rings. The molecule has 170 valence electrons. The van der Waals surface area contributed by atoms with Crippen LogP contribution in [-0.2, 0) is 16.0 Å². The number of carbonyl (C=O) groups is 2. The molecule has 1 saturated heterocycles. The third-order valence-corrected chi connectivity index (χ3v) is 5.53. The van der Waals surface area contributed by atoms with Gasteiger partial charge in [-0.25, -0.2) is 9.97 Å². The van der Waals surface area contributed by atoms with Crippen LogP contribution >= 0.6 is 0 Å². The van der Waals surface area contributed by atoms with E-state index >= 15 is 0 Å². The molecule has 1 aliphatic rings. The summed E-state index contributed by atoms with van der Waals surface area (Å²) in [4.78, 5) is 34.4. The summed E-state index contributed by atoms with van der Waals surface area (Å²) in [6.07, 6.45) is 1.82. The number of nitrogen functional groups attached to an aromatic ring is 1. The molecule has 0 spiro atoms. The molecule has 0 unspecified atom stereocenters. The Hall–Kier alpha value is -3.82. The Morgan fingerprint density at radius 2 is 1.67 bits per heavy atom. The Kier molecular flexibility index (Phi) is 6.62. The van der Waals surface area contributed by atoms with Crippen LogP contribution in [0.5, 0.6) is 0 Å². The first-order chi connectivity index (χ1) is 15.9. The fourth-order valence-electron chi connectivity index (χ4n) is 3.62. The zero-order valence-corrected chi connectivity index (χ0v) is 18.0. The van der Waals surface area contributed by atoms with E-state index in [1.54, 1.807) is 35.4 Å². The predicted octanol–water partition coefficient (Wildman–Crippen LogP) is 1.82. The number of aliphatic carboxylic acids is 1. The number of amides is 1. The first-order valence-corrected chi connectivity index (χ1v) is 10.6. The second-order valence-corrected chi connectivity index (χ2v) is 7.82. The second-order valence-electron chi connectivity index (χ2n) is 7.82. The molecule has 5 N–H and O–H groups in total. The van der Waals surface area contributed by atoms with Gasteiger partial charge in [-0.05, 0) is 24.1 Å². The Morgan fingerprint density at radius 1 is 1.03 bits per heavy atom. The third kappa shape index (κ3) is 5.16. The molecule has 1 amide bonds. The van der Waals surface area contributed by atoms with Gasteiger partial charge < -0.3 is 26.2 Å². The Balaban J connectivity index is 1.53. The van der Waals surface area contributed by atoms with Gasteiger partial charge in [-0.15, -0.1) is 0 Å². The van der Waals surface area contributed by atoms with Gasteiger partial charge in [-0.2, -0.15) is 0 Å². The molecule has 1 aromatic heterocycles. The standard InChI is InChI=1S/C24H25N5O4/c25-19(24(31)32)13-15-1-3-17(4-2-15)21-22(26)27-14-20(28-21)16-5-7-18(8-6-16)23(30)29-9-11-33-12-10-29/h1-8,14,19H,9-13,25H2,(H2,26,27)(H,31,32)/t19-/m0/s1. The Morgan fingerprint density at radius 3 is 2.30 bits per heavy atom. The maximum atomic E-state index is 12.6. The number of nitrogens with zero attached hydrogens (tertiary/aromatic N) is 3. The summed E-state index contributed by atoms with van der Waals surface area (Å²) in [5, 5.41) is 8.98. The topological polar surface area (TPSA) is 145 Å². The summed E-state index contributed by atoms with van der Waals surface area (Å²) < 4.78 is 5.30. The van der Waals surface area contributed by atoms with Gasteiger partial charge in [0.1, 0.15) is 17.6 Å². The average molecular weight is 447 g/mol. The van der Waals surface area contributed by atoms with Crippen LogP contribution in [-0.4, -0.2) is 64.2 Å². The van der Waals surface area contributed by atoms with Crippen molar-refractivity contribution in [2.75, 3.05) is 32.0 Å². The van der Waals surface area contributed by atoms with Gasteiger partial charge in [-0.1, -0.05) is 36.4 Å². The second kappa shape index (κ2) is 9.76. The van der Waals surface area contributed by atoms with Gasteiger partial charge in [-0.3, -0.25) is 9.59 Å². The van der Waals surface area contributed by atoms with Crippen LogP contribution in [0.15, 0.2) is 54.7 Å². The van der Waals surface area contributed by atoms with Gasteiger partial charge in [0.05, 0.1) is 25.1 Å². The molecule has 1 fully saturated rings. The van der Waals surface area contributed by atoms with E-state index in [9.17, 15) is 9.59 Å². The highest BCUT2D eigenvalue weighted by molar-refractivity contribution is 5.94. The zero-order chi connectivity index (χ0) is 23.4. The van der Waals surface area contributed by atoms with Gasteiger partial charge in [0.15, 0.2) is 0 Å². The van der Waals surface area contributed by atoms with Crippen LogP contribution in [0.1, 0.15) is 15.9 Å². The molecule has 9 nitrogen and oxygen atoms in total. The van der Waals surface area contributed by atoms with E-state index in [0.717, 1.165) is 16.7 Å². The number of hydrogen-bond donors (Lipinski definition) is 3. The van der Waals surface area contributed by atoms with Crippen molar-refractivity contribution in [1.29, 1.82) is 0 Å². The monoisotopic (exact) mass is 447 g/mol. The van der Waals surface area contributed by atoms with Gasteiger partial charge in [0.25, 0.3) is 5.91 Å². The number of carbonyl (C=O) groups excluding carboxylic acids is 1. The number of nitrogens with two attached hydrogens (primary N) is 2. The summed E-state index contributed by atoms with van der Waals surface area (Å²) in [5.41, 5.74) is 15.8. The van der Waals surface area contributed by atoms with Crippen LogP contribution < -0.4 is 11.5 Å². The molecule has 0 radical (unpaired) electrons. The van der Waals surface area contributed by atoms with E-state index in [2.05, 4.69) is 9.97 Å². The zero-order valence-electron chi connectivity index (χ0n) is 18.0. The predicted molar refractivity (Wildman–Crippen MR) is 123 cm³/mol. The van der Waals surface area contributed by atoms with Gasteiger partial charge in [0.2, 0.25) is 0 Å². The van der Waals surface area contributed by atoms with E-state index in [-0.39, 0.29) is 18.1 Å². The average Bonchev–Trinajstić information content (AvgIpc) is 2.85. The first-order valence-electron chi connectivity index (χ1n) is 10.6. The lowest BCUT2D eigenvalue weighted by Crippen LogP contribution is -2.40. The fourth-order valence-corrected chi connectivity index (χ4v) is 3.62. The van der Waals surface area contributed by atoms with Crippen molar-refractivity contribution >= 4 is 17.7 Å². The molecule has 0 bridgehead atoms. The molecular weight excluding hydrogens is 422 g/mol. The molecule has 0 saturated carbocycles. The number of hydrogen-bond acceptors (Lipinski definition) is 7. The minimum atomic E-state index is -1.04. The molecule has 2 aromatic carbocycles.